The number of anilines is 1. The molecule has 2 rings (SSSR count). The maximum absolute atomic E-state index is 5.62. The Labute approximate surface area is 105 Å². The van der Waals surface area contributed by atoms with E-state index in [1.54, 1.807) is 11.3 Å². The Morgan fingerprint density at radius 3 is 2.88 bits per heavy atom. The molecule has 5 heteroatoms. The van der Waals surface area contributed by atoms with E-state index in [9.17, 15) is 0 Å². The average molecular weight is 248 g/mol. The molecule has 0 saturated carbocycles. The van der Waals surface area contributed by atoms with Gasteiger partial charge in [-0.25, -0.2) is 9.97 Å². The van der Waals surface area contributed by atoms with Gasteiger partial charge in [0.1, 0.15) is 0 Å². The Hall–Kier alpha value is -1.46. The number of nitrogens with zero attached hydrogens (tertiary/aromatic N) is 3. The molecule has 0 spiro atoms. The van der Waals surface area contributed by atoms with Crippen molar-refractivity contribution in [2.24, 2.45) is 5.73 Å². The summed E-state index contributed by atoms with van der Waals surface area (Å²) in [4.78, 5) is 10.9. The van der Waals surface area contributed by atoms with E-state index < -0.39 is 0 Å². The van der Waals surface area contributed by atoms with Crippen molar-refractivity contribution in [2.75, 3.05) is 11.9 Å². The smallest absolute Gasteiger partial charge is 0.225 e. The predicted molar refractivity (Wildman–Crippen MR) is 71.1 cm³/mol. The monoisotopic (exact) mass is 248 g/mol. The standard InChI is InChI=1S/C12H16N4S/c1-9-5-11(6-13)15-12(14-9)16(2)7-10-3-4-17-8-10/h3-5,8H,6-7,13H2,1-2H3. The number of rotatable bonds is 4. The van der Waals surface area contributed by atoms with E-state index >= 15 is 0 Å². The highest BCUT2D eigenvalue weighted by Crippen LogP contribution is 2.14. The zero-order chi connectivity index (χ0) is 12.3. The number of aromatic nitrogens is 2. The Morgan fingerprint density at radius 2 is 2.24 bits per heavy atom. The number of aryl methyl sites for hydroxylation is 1. The molecule has 0 aliphatic rings. The maximum Gasteiger partial charge on any atom is 0.225 e. The molecule has 2 aromatic rings. The summed E-state index contributed by atoms with van der Waals surface area (Å²) < 4.78 is 0. The van der Waals surface area contributed by atoms with Gasteiger partial charge >= 0.3 is 0 Å². The van der Waals surface area contributed by atoms with E-state index in [4.69, 9.17) is 5.73 Å². The van der Waals surface area contributed by atoms with Gasteiger partial charge in [-0.3, -0.25) is 0 Å². The van der Waals surface area contributed by atoms with Gasteiger partial charge in [0.2, 0.25) is 5.95 Å². The lowest BCUT2D eigenvalue weighted by Crippen LogP contribution is -2.20. The van der Waals surface area contributed by atoms with E-state index in [2.05, 4.69) is 26.8 Å². The quantitative estimate of drug-likeness (QED) is 0.898. The van der Waals surface area contributed by atoms with Gasteiger partial charge in [-0.2, -0.15) is 11.3 Å². The molecule has 0 amide bonds. The second-order valence-electron chi connectivity index (χ2n) is 3.99. The van der Waals surface area contributed by atoms with Crippen LogP contribution in [0.15, 0.2) is 22.9 Å². The van der Waals surface area contributed by atoms with Crippen molar-refractivity contribution in [3.05, 3.63) is 39.8 Å². The van der Waals surface area contributed by atoms with Gasteiger partial charge in [0, 0.05) is 25.8 Å². The largest absolute Gasteiger partial charge is 0.340 e. The molecule has 0 fully saturated rings. The first-order valence-electron chi connectivity index (χ1n) is 5.46. The van der Waals surface area contributed by atoms with Crippen molar-refractivity contribution in [3.63, 3.8) is 0 Å². The predicted octanol–water partition coefficient (Wildman–Crippen LogP) is 1.94. The van der Waals surface area contributed by atoms with Gasteiger partial charge in [-0.15, -0.1) is 0 Å². The van der Waals surface area contributed by atoms with Gasteiger partial charge in [-0.1, -0.05) is 0 Å². The van der Waals surface area contributed by atoms with E-state index in [1.165, 1.54) is 5.56 Å². The second kappa shape index (κ2) is 5.25. The third-order valence-electron chi connectivity index (χ3n) is 2.45. The highest BCUT2D eigenvalue weighted by atomic mass is 32.1. The van der Waals surface area contributed by atoms with Crippen LogP contribution in [-0.4, -0.2) is 17.0 Å². The molecule has 0 aliphatic heterocycles. The molecule has 0 aliphatic carbocycles. The van der Waals surface area contributed by atoms with E-state index in [0.29, 0.717) is 6.54 Å². The Morgan fingerprint density at radius 1 is 1.41 bits per heavy atom. The number of hydrogen-bond acceptors (Lipinski definition) is 5. The normalized spacial score (nSPS) is 10.5. The minimum atomic E-state index is 0.447. The zero-order valence-corrected chi connectivity index (χ0v) is 10.9. The number of thiophene rings is 1. The molecule has 0 bridgehead atoms. The van der Waals surface area contributed by atoms with Crippen LogP contribution in [-0.2, 0) is 13.1 Å². The van der Waals surface area contributed by atoms with E-state index in [0.717, 1.165) is 23.9 Å². The fourth-order valence-corrected chi connectivity index (χ4v) is 2.28. The number of hydrogen-bond donors (Lipinski definition) is 1. The molecule has 0 radical (unpaired) electrons. The summed E-state index contributed by atoms with van der Waals surface area (Å²) in [7, 11) is 1.99. The van der Waals surface area contributed by atoms with Crippen LogP contribution in [0.2, 0.25) is 0 Å². The molecule has 0 unspecified atom stereocenters. The fourth-order valence-electron chi connectivity index (χ4n) is 1.62. The highest BCUT2D eigenvalue weighted by molar-refractivity contribution is 7.07. The molecule has 4 nitrogen and oxygen atoms in total. The van der Waals surface area contributed by atoms with Gasteiger partial charge in [0.15, 0.2) is 0 Å². The first-order chi connectivity index (χ1) is 8.19. The molecule has 0 atom stereocenters. The van der Waals surface area contributed by atoms with Crippen LogP contribution in [0.1, 0.15) is 17.0 Å². The summed E-state index contributed by atoms with van der Waals surface area (Å²) in [6.45, 7) is 3.22. The third-order valence-corrected chi connectivity index (χ3v) is 3.18. The van der Waals surface area contributed by atoms with Crippen molar-refractivity contribution in [1.82, 2.24) is 9.97 Å². The highest BCUT2D eigenvalue weighted by Gasteiger charge is 2.07. The van der Waals surface area contributed by atoms with Crippen LogP contribution in [0.4, 0.5) is 5.95 Å². The average Bonchev–Trinajstić information content (AvgIpc) is 2.81. The summed E-state index contributed by atoms with van der Waals surface area (Å²) in [5, 5.41) is 4.21. The molecule has 2 aromatic heterocycles. The summed E-state index contributed by atoms with van der Waals surface area (Å²) in [6.07, 6.45) is 0. The SMILES string of the molecule is Cc1cc(CN)nc(N(C)Cc2ccsc2)n1. The van der Waals surface area contributed by atoms with Gasteiger partial charge < -0.3 is 10.6 Å². The topological polar surface area (TPSA) is 55.0 Å². The first-order valence-corrected chi connectivity index (χ1v) is 6.40. The molecule has 17 heavy (non-hydrogen) atoms. The van der Waals surface area contributed by atoms with E-state index in [-0.39, 0.29) is 0 Å². The molecule has 90 valence electrons. The number of nitrogens with two attached hydrogens (primary N) is 1. The van der Waals surface area contributed by atoms with Crippen LogP contribution in [0.3, 0.4) is 0 Å². The summed E-state index contributed by atoms with van der Waals surface area (Å²) in [5.74, 6) is 0.733. The Balaban J connectivity index is 2.18. The lowest BCUT2D eigenvalue weighted by atomic mass is 10.3. The van der Waals surface area contributed by atoms with Gasteiger partial charge in [0.25, 0.3) is 0 Å². The van der Waals surface area contributed by atoms with Crippen LogP contribution in [0.5, 0.6) is 0 Å². The summed E-state index contributed by atoms with van der Waals surface area (Å²) in [5.41, 5.74) is 8.72. The first kappa shape index (κ1) is 12.0. The zero-order valence-electron chi connectivity index (χ0n) is 10.1. The Bertz CT molecular complexity index is 481. The minimum Gasteiger partial charge on any atom is -0.340 e. The van der Waals surface area contributed by atoms with Crippen LogP contribution < -0.4 is 10.6 Å². The van der Waals surface area contributed by atoms with Crippen LogP contribution in [0, 0.1) is 6.92 Å². The molecule has 0 aromatic carbocycles. The van der Waals surface area contributed by atoms with Crippen LogP contribution in [0.25, 0.3) is 0 Å². The van der Waals surface area contributed by atoms with Crippen molar-refractivity contribution in [1.29, 1.82) is 0 Å². The fraction of sp³-hybridized carbons (Fsp3) is 0.333. The second-order valence-corrected chi connectivity index (χ2v) is 4.77. The van der Waals surface area contributed by atoms with Crippen molar-refractivity contribution < 1.29 is 0 Å². The van der Waals surface area contributed by atoms with Crippen molar-refractivity contribution in [2.45, 2.75) is 20.0 Å². The van der Waals surface area contributed by atoms with Gasteiger partial charge in [-0.05, 0) is 35.4 Å². The van der Waals surface area contributed by atoms with Crippen LogP contribution >= 0.6 is 11.3 Å². The maximum atomic E-state index is 5.62. The Kier molecular flexibility index (Phi) is 3.71. The summed E-state index contributed by atoms with van der Waals surface area (Å²) in [6, 6.07) is 4.03. The molecule has 2 heterocycles. The van der Waals surface area contributed by atoms with Crippen molar-refractivity contribution in [3.8, 4) is 0 Å². The molecule has 0 saturated heterocycles. The minimum absolute atomic E-state index is 0.447. The summed E-state index contributed by atoms with van der Waals surface area (Å²) >= 11 is 1.70. The molecular formula is C12H16N4S. The molecule has 2 N–H and O–H groups in total. The lowest BCUT2D eigenvalue weighted by molar-refractivity contribution is 0.838. The molecular weight excluding hydrogens is 232 g/mol. The van der Waals surface area contributed by atoms with E-state index in [1.807, 2.05) is 24.9 Å². The van der Waals surface area contributed by atoms with Crippen molar-refractivity contribution >= 4 is 17.3 Å². The lowest BCUT2D eigenvalue weighted by Gasteiger charge is -2.17. The van der Waals surface area contributed by atoms with Gasteiger partial charge in [0.05, 0.1) is 5.69 Å². The third kappa shape index (κ3) is 3.01.